The standard InChI is InChI=1S/C16H19ClN4O/c1-2-8-19-16-20-10-7-14(21-16)15(22)18-9-6-12-4-3-5-13(17)11-12/h3-5,7,10-11H,2,6,8-9H2,1H3,(H,18,22)(H,19,20,21). The molecule has 0 aliphatic rings. The largest absolute Gasteiger partial charge is 0.354 e. The molecule has 0 saturated heterocycles. The van der Waals surface area contributed by atoms with Crippen LogP contribution in [0.1, 0.15) is 29.4 Å². The number of aromatic nitrogens is 2. The van der Waals surface area contributed by atoms with Crippen molar-refractivity contribution in [2.24, 2.45) is 0 Å². The van der Waals surface area contributed by atoms with Crippen molar-refractivity contribution < 1.29 is 4.79 Å². The third kappa shape index (κ3) is 5.00. The maximum absolute atomic E-state index is 12.1. The summed E-state index contributed by atoms with van der Waals surface area (Å²) in [5, 5.41) is 6.61. The van der Waals surface area contributed by atoms with E-state index >= 15 is 0 Å². The van der Waals surface area contributed by atoms with Crippen LogP contribution in [-0.4, -0.2) is 29.0 Å². The van der Waals surface area contributed by atoms with Gasteiger partial charge in [0, 0.05) is 24.3 Å². The topological polar surface area (TPSA) is 66.9 Å². The predicted octanol–water partition coefficient (Wildman–Crippen LogP) is 2.92. The number of nitrogens with zero attached hydrogens (tertiary/aromatic N) is 2. The van der Waals surface area contributed by atoms with E-state index in [4.69, 9.17) is 11.6 Å². The molecule has 1 heterocycles. The molecule has 116 valence electrons. The molecule has 2 aromatic rings. The van der Waals surface area contributed by atoms with E-state index in [2.05, 4.69) is 27.5 Å². The summed E-state index contributed by atoms with van der Waals surface area (Å²) in [7, 11) is 0. The van der Waals surface area contributed by atoms with Crippen LogP contribution in [0.3, 0.4) is 0 Å². The van der Waals surface area contributed by atoms with Gasteiger partial charge in [0.15, 0.2) is 0 Å². The lowest BCUT2D eigenvalue weighted by Gasteiger charge is -2.07. The van der Waals surface area contributed by atoms with Gasteiger partial charge in [-0.05, 0) is 36.6 Å². The van der Waals surface area contributed by atoms with Gasteiger partial charge in [-0.15, -0.1) is 0 Å². The van der Waals surface area contributed by atoms with E-state index < -0.39 is 0 Å². The molecule has 0 aliphatic heterocycles. The number of anilines is 1. The fourth-order valence-electron chi connectivity index (χ4n) is 1.91. The summed E-state index contributed by atoms with van der Waals surface area (Å²) in [5.74, 6) is 0.272. The van der Waals surface area contributed by atoms with Crippen LogP contribution in [0, 0.1) is 0 Å². The van der Waals surface area contributed by atoms with Crippen LogP contribution in [0.4, 0.5) is 5.95 Å². The molecule has 0 atom stereocenters. The van der Waals surface area contributed by atoms with Crippen LogP contribution in [0.2, 0.25) is 5.02 Å². The summed E-state index contributed by atoms with van der Waals surface area (Å²) in [6.07, 6.45) is 3.27. The molecule has 22 heavy (non-hydrogen) atoms. The van der Waals surface area contributed by atoms with E-state index in [0.29, 0.717) is 23.2 Å². The van der Waals surface area contributed by atoms with E-state index in [9.17, 15) is 4.79 Å². The van der Waals surface area contributed by atoms with Crippen molar-refractivity contribution in [3.8, 4) is 0 Å². The second-order valence-corrected chi connectivity index (χ2v) is 5.26. The van der Waals surface area contributed by atoms with Gasteiger partial charge in [0.05, 0.1) is 0 Å². The molecule has 6 heteroatoms. The van der Waals surface area contributed by atoms with Crippen molar-refractivity contribution in [2.45, 2.75) is 19.8 Å². The lowest BCUT2D eigenvalue weighted by atomic mass is 10.1. The van der Waals surface area contributed by atoms with Crippen molar-refractivity contribution in [3.63, 3.8) is 0 Å². The number of hydrogen-bond acceptors (Lipinski definition) is 4. The Labute approximate surface area is 135 Å². The van der Waals surface area contributed by atoms with E-state index in [1.165, 1.54) is 0 Å². The maximum Gasteiger partial charge on any atom is 0.270 e. The second-order valence-electron chi connectivity index (χ2n) is 4.83. The Balaban J connectivity index is 1.86. The van der Waals surface area contributed by atoms with Gasteiger partial charge in [0.25, 0.3) is 5.91 Å². The van der Waals surface area contributed by atoms with Crippen molar-refractivity contribution in [3.05, 3.63) is 52.8 Å². The molecule has 1 amide bonds. The van der Waals surface area contributed by atoms with Gasteiger partial charge in [-0.25, -0.2) is 9.97 Å². The van der Waals surface area contributed by atoms with Gasteiger partial charge >= 0.3 is 0 Å². The first-order valence-electron chi connectivity index (χ1n) is 7.28. The van der Waals surface area contributed by atoms with Crippen molar-refractivity contribution in [1.82, 2.24) is 15.3 Å². The third-order valence-electron chi connectivity index (χ3n) is 3.01. The summed E-state index contributed by atoms with van der Waals surface area (Å²) in [5.41, 5.74) is 1.44. The number of amides is 1. The van der Waals surface area contributed by atoms with Crippen LogP contribution >= 0.6 is 11.6 Å². The van der Waals surface area contributed by atoms with E-state index in [1.807, 2.05) is 24.3 Å². The van der Waals surface area contributed by atoms with Gasteiger partial charge in [0.1, 0.15) is 5.69 Å². The highest BCUT2D eigenvalue weighted by Gasteiger charge is 2.08. The monoisotopic (exact) mass is 318 g/mol. The number of carbonyl (C=O) groups excluding carboxylic acids is 1. The van der Waals surface area contributed by atoms with Gasteiger partial charge in [-0.3, -0.25) is 4.79 Å². The SMILES string of the molecule is CCCNc1nccc(C(=O)NCCc2cccc(Cl)c2)n1. The minimum Gasteiger partial charge on any atom is -0.354 e. The first kappa shape index (κ1) is 16.2. The quantitative estimate of drug-likeness (QED) is 0.823. The molecule has 0 radical (unpaired) electrons. The lowest BCUT2D eigenvalue weighted by molar-refractivity contribution is 0.0949. The lowest BCUT2D eigenvalue weighted by Crippen LogP contribution is -2.27. The molecule has 2 N–H and O–H groups in total. The fourth-order valence-corrected chi connectivity index (χ4v) is 2.12. The molecule has 0 fully saturated rings. The molecule has 0 bridgehead atoms. The van der Waals surface area contributed by atoms with E-state index in [1.54, 1.807) is 12.3 Å². The predicted molar refractivity (Wildman–Crippen MR) is 88.3 cm³/mol. The Morgan fingerprint density at radius 3 is 2.91 bits per heavy atom. The van der Waals surface area contributed by atoms with E-state index in [-0.39, 0.29) is 5.91 Å². The zero-order valence-electron chi connectivity index (χ0n) is 12.5. The Hall–Kier alpha value is -2.14. The van der Waals surface area contributed by atoms with Gasteiger partial charge in [-0.2, -0.15) is 0 Å². The zero-order chi connectivity index (χ0) is 15.8. The molecule has 1 aromatic carbocycles. The third-order valence-corrected chi connectivity index (χ3v) is 3.24. The molecular formula is C16H19ClN4O. The van der Waals surface area contributed by atoms with Crippen LogP contribution in [0.25, 0.3) is 0 Å². The average molecular weight is 319 g/mol. The van der Waals surface area contributed by atoms with Crippen molar-refractivity contribution >= 4 is 23.5 Å². The van der Waals surface area contributed by atoms with Crippen LogP contribution in [-0.2, 0) is 6.42 Å². The van der Waals surface area contributed by atoms with Crippen LogP contribution < -0.4 is 10.6 Å². The Morgan fingerprint density at radius 1 is 1.27 bits per heavy atom. The molecule has 1 aromatic heterocycles. The smallest absolute Gasteiger partial charge is 0.270 e. The van der Waals surface area contributed by atoms with E-state index in [0.717, 1.165) is 24.9 Å². The summed E-state index contributed by atoms with van der Waals surface area (Å²) in [6.45, 7) is 3.36. The molecule has 0 spiro atoms. The molecule has 0 aliphatic carbocycles. The van der Waals surface area contributed by atoms with Gasteiger partial charge < -0.3 is 10.6 Å². The van der Waals surface area contributed by atoms with Gasteiger partial charge in [-0.1, -0.05) is 30.7 Å². The normalized spacial score (nSPS) is 10.3. The molecule has 0 unspecified atom stereocenters. The first-order chi connectivity index (χ1) is 10.7. The summed E-state index contributed by atoms with van der Waals surface area (Å²) >= 11 is 5.93. The molecule has 5 nitrogen and oxygen atoms in total. The Morgan fingerprint density at radius 2 is 2.14 bits per heavy atom. The van der Waals surface area contributed by atoms with Crippen molar-refractivity contribution in [1.29, 1.82) is 0 Å². The summed E-state index contributed by atoms with van der Waals surface area (Å²) in [4.78, 5) is 20.3. The summed E-state index contributed by atoms with van der Waals surface area (Å²) < 4.78 is 0. The zero-order valence-corrected chi connectivity index (χ0v) is 13.2. The average Bonchev–Trinajstić information content (AvgIpc) is 2.53. The molecule has 2 rings (SSSR count). The Kier molecular flexibility index (Phi) is 6.15. The number of hydrogen-bond donors (Lipinski definition) is 2. The number of nitrogens with one attached hydrogen (secondary N) is 2. The minimum absolute atomic E-state index is 0.205. The maximum atomic E-state index is 12.1. The highest BCUT2D eigenvalue weighted by molar-refractivity contribution is 6.30. The van der Waals surface area contributed by atoms with Crippen LogP contribution in [0.15, 0.2) is 36.5 Å². The highest BCUT2D eigenvalue weighted by Crippen LogP contribution is 2.10. The van der Waals surface area contributed by atoms with Gasteiger partial charge in [0.2, 0.25) is 5.95 Å². The minimum atomic E-state index is -0.205. The highest BCUT2D eigenvalue weighted by atomic mass is 35.5. The van der Waals surface area contributed by atoms with Crippen molar-refractivity contribution in [2.75, 3.05) is 18.4 Å². The number of carbonyl (C=O) groups is 1. The second kappa shape index (κ2) is 8.34. The number of benzene rings is 1. The first-order valence-corrected chi connectivity index (χ1v) is 7.66. The number of halogens is 1. The van der Waals surface area contributed by atoms with Crippen LogP contribution in [0.5, 0.6) is 0 Å². The fraction of sp³-hybridized carbons (Fsp3) is 0.312. The molecule has 0 saturated carbocycles. The Bertz CT molecular complexity index is 633. The summed E-state index contributed by atoms with van der Waals surface area (Å²) in [6, 6.07) is 9.21. The number of rotatable bonds is 7. The molecular weight excluding hydrogens is 300 g/mol.